The molecule has 2 N–H and O–H groups in total. The first-order valence-electron chi connectivity index (χ1n) is 4.94. The summed E-state index contributed by atoms with van der Waals surface area (Å²) in [6, 6.07) is -0.156. The van der Waals surface area contributed by atoms with Gasteiger partial charge in [-0.3, -0.25) is 9.48 Å². The van der Waals surface area contributed by atoms with Crippen molar-refractivity contribution < 1.29 is 4.79 Å². The van der Waals surface area contributed by atoms with Crippen LogP contribution in [0.25, 0.3) is 0 Å². The lowest BCUT2D eigenvalue weighted by molar-refractivity contribution is 0.102. The summed E-state index contributed by atoms with van der Waals surface area (Å²) in [4.78, 5) is 16.4. The number of carbonyl (C=O) groups excluding carboxylic acids is 1. The summed E-state index contributed by atoms with van der Waals surface area (Å²) in [5, 5.41) is 6.48. The molecule has 0 spiro atoms. The van der Waals surface area contributed by atoms with E-state index in [0.717, 1.165) is 5.01 Å². The normalized spacial score (nSPS) is 12.7. The van der Waals surface area contributed by atoms with Crippen molar-refractivity contribution in [2.75, 3.05) is 0 Å². The minimum Gasteiger partial charge on any atom is -0.322 e. The average Bonchev–Trinajstić information content (AvgIpc) is 2.85. The number of aromatic nitrogens is 3. The summed E-state index contributed by atoms with van der Waals surface area (Å²) in [6.45, 7) is 1.84. The molecule has 0 saturated carbocycles. The Bertz CT molecular complexity index is 541. The van der Waals surface area contributed by atoms with Crippen molar-refractivity contribution in [2.24, 2.45) is 12.8 Å². The number of ketones is 1. The van der Waals surface area contributed by atoms with Crippen LogP contribution in [-0.2, 0) is 7.05 Å². The van der Waals surface area contributed by atoms with Crippen LogP contribution in [-0.4, -0.2) is 20.5 Å². The van der Waals surface area contributed by atoms with E-state index in [-0.39, 0.29) is 11.8 Å². The van der Waals surface area contributed by atoms with E-state index >= 15 is 0 Å². The lowest BCUT2D eigenvalue weighted by Gasteiger charge is -2.00. The summed E-state index contributed by atoms with van der Waals surface area (Å²) in [7, 11) is 1.72. The van der Waals surface area contributed by atoms with Crippen LogP contribution >= 0.6 is 27.3 Å². The molecular weight excluding hydrogens is 304 g/mol. The maximum atomic E-state index is 12.2. The van der Waals surface area contributed by atoms with E-state index in [0.29, 0.717) is 15.9 Å². The summed E-state index contributed by atoms with van der Waals surface area (Å²) in [5.41, 5.74) is 6.62. The second-order valence-corrected chi connectivity index (χ2v) is 5.40. The van der Waals surface area contributed by atoms with Crippen molar-refractivity contribution in [3.8, 4) is 0 Å². The SMILES string of the molecule is CC(N)c1nc(C(=O)c2c(Br)cnn2C)cs1. The maximum Gasteiger partial charge on any atom is 0.231 e. The fourth-order valence-electron chi connectivity index (χ4n) is 1.39. The third-order valence-electron chi connectivity index (χ3n) is 2.25. The Labute approximate surface area is 111 Å². The second kappa shape index (κ2) is 4.67. The molecule has 5 nitrogen and oxygen atoms in total. The number of rotatable bonds is 3. The van der Waals surface area contributed by atoms with Crippen molar-refractivity contribution in [2.45, 2.75) is 13.0 Å². The Hall–Kier alpha value is -1.05. The summed E-state index contributed by atoms with van der Waals surface area (Å²) < 4.78 is 2.19. The molecule has 0 aliphatic heterocycles. The lowest BCUT2D eigenvalue weighted by atomic mass is 10.2. The number of nitrogens with zero attached hydrogens (tertiary/aromatic N) is 3. The van der Waals surface area contributed by atoms with E-state index in [2.05, 4.69) is 26.0 Å². The van der Waals surface area contributed by atoms with Gasteiger partial charge in [0, 0.05) is 12.4 Å². The zero-order valence-electron chi connectivity index (χ0n) is 9.35. The van der Waals surface area contributed by atoms with Crippen molar-refractivity contribution in [3.63, 3.8) is 0 Å². The van der Waals surface area contributed by atoms with Crippen LogP contribution in [0.5, 0.6) is 0 Å². The van der Waals surface area contributed by atoms with E-state index in [9.17, 15) is 4.79 Å². The van der Waals surface area contributed by atoms with Crippen LogP contribution in [0.3, 0.4) is 0 Å². The van der Waals surface area contributed by atoms with Gasteiger partial charge in [0.2, 0.25) is 5.78 Å². The quantitative estimate of drug-likeness (QED) is 0.878. The number of nitrogens with two attached hydrogens (primary N) is 1. The van der Waals surface area contributed by atoms with Crippen LogP contribution in [0, 0.1) is 0 Å². The molecule has 90 valence electrons. The van der Waals surface area contributed by atoms with Gasteiger partial charge in [0.05, 0.1) is 16.7 Å². The predicted molar refractivity (Wildman–Crippen MR) is 69.1 cm³/mol. The minimum absolute atomic E-state index is 0.153. The molecule has 2 aromatic rings. The maximum absolute atomic E-state index is 12.2. The first kappa shape index (κ1) is 12.4. The van der Waals surface area contributed by atoms with E-state index in [1.165, 1.54) is 16.0 Å². The van der Waals surface area contributed by atoms with Gasteiger partial charge in [0.15, 0.2) is 0 Å². The molecule has 17 heavy (non-hydrogen) atoms. The van der Waals surface area contributed by atoms with Crippen molar-refractivity contribution >= 4 is 33.0 Å². The molecule has 7 heteroatoms. The molecule has 1 atom stereocenters. The highest BCUT2D eigenvalue weighted by molar-refractivity contribution is 9.10. The molecular formula is C10H11BrN4OS. The first-order valence-corrected chi connectivity index (χ1v) is 6.61. The monoisotopic (exact) mass is 314 g/mol. The molecule has 0 aromatic carbocycles. The zero-order chi connectivity index (χ0) is 12.6. The number of carbonyl (C=O) groups is 1. The molecule has 1 unspecified atom stereocenters. The average molecular weight is 315 g/mol. The zero-order valence-corrected chi connectivity index (χ0v) is 11.7. The molecule has 0 aliphatic carbocycles. The van der Waals surface area contributed by atoms with Crippen LogP contribution in [0.2, 0.25) is 0 Å². The molecule has 0 radical (unpaired) electrons. The van der Waals surface area contributed by atoms with E-state index in [1.54, 1.807) is 18.6 Å². The molecule has 0 amide bonds. The molecule has 0 aliphatic rings. The Morgan fingerprint density at radius 3 is 2.82 bits per heavy atom. The number of hydrogen-bond donors (Lipinski definition) is 1. The fraction of sp³-hybridized carbons (Fsp3) is 0.300. The summed E-state index contributed by atoms with van der Waals surface area (Å²) in [5.74, 6) is -0.153. The summed E-state index contributed by atoms with van der Waals surface area (Å²) in [6.07, 6.45) is 1.59. The predicted octanol–water partition coefficient (Wildman–Crippen LogP) is 1.89. The minimum atomic E-state index is -0.156. The van der Waals surface area contributed by atoms with Crippen molar-refractivity contribution in [3.05, 3.63) is 32.4 Å². The Morgan fingerprint density at radius 1 is 1.65 bits per heavy atom. The van der Waals surface area contributed by atoms with Gasteiger partial charge in [-0.2, -0.15) is 5.10 Å². The number of hydrogen-bond acceptors (Lipinski definition) is 5. The fourth-order valence-corrected chi connectivity index (χ4v) is 2.67. The first-order chi connectivity index (χ1) is 8.00. The Morgan fingerprint density at radius 2 is 2.35 bits per heavy atom. The lowest BCUT2D eigenvalue weighted by Crippen LogP contribution is -2.10. The van der Waals surface area contributed by atoms with E-state index in [4.69, 9.17) is 5.73 Å². The van der Waals surface area contributed by atoms with Crippen LogP contribution in [0.4, 0.5) is 0 Å². The van der Waals surface area contributed by atoms with E-state index in [1.807, 2.05) is 6.92 Å². The molecule has 0 fully saturated rings. The van der Waals surface area contributed by atoms with Gasteiger partial charge in [-0.25, -0.2) is 4.98 Å². The topological polar surface area (TPSA) is 73.8 Å². The number of aryl methyl sites for hydroxylation is 1. The molecule has 0 bridgehead atoms. The smallest absolute Gasteiger partial charge is 0.231 e. The number of thiazole rings is 1. The molecule has 2 rings (SSSR count). The van der Waals surface area contributed by atoms with Gasteiger partial charge in [-0.05, 0) is 22.9 Å². The second-order valence-electron chi connectivity index (χ2n) is 3.65. The van der Waals surface area contributed by atoms with E-state index < -0.39 is 0 Å². The third-order valence-corrected chi connectivity index (χ3v) is 3.88. The Kier molecular flexibility index (Phi) is 3.41. The van der Waals surface area contributed by atoms with Gasteiger partial charge in [0.25, 0.3) is 0 Å². The highest BCUT2D eigenvalue weighted by Gasteiger charge is 2.20. The van der Waals surface area contributed by atoms with Gasteiger partial charge >= 0.3 is 0 Å². The number of halogens is 1. The largest absolute Gasteiger partial charge is 0.322 e. The van der Waals surface area contributed by atoms with Crippen molar-refractivity contribution in [1.82, 2.24) is 14.8 Å². The molecule has 2 aromatic heterocycles. The van der Waals surface area contributed by atoms with Crippen LogP contribution < -0.4 is 5.73 Å². The van der Waals surface area contributed by atoms with Gasteiger partial charge in [-0.1, -0.05) is 0 Å². The highest BCUT2D eigenvalue weighted by Crippen LogP contribution is 2.22. The van der Waals surface area contributed by atoms with Gasteiger partial charge < -0.3 is 5.73 Å². The standard InChI is InChI=1S/C10H11BrN4OS/c1-5(12)10-14-7(4-17-10)9(16)8-6(11)3-13-15(8)2/h3-5H,12H2,1-2H3. The van der Waals surface area contributed by atoms with Gasteiger partial charge in [0.1, 0.15) is 16.4 Å². The molecule has 2 heterocycles. The van der Waals surface area contributed by atoms with Crippen molar-refractivity contribution in [1.29, 1.82) is 0 Å². The van der Waals surface area contributed by atoms with Gasteiger partial charge in [-0.15, -0.1) is 11.3 Å². The Balaban J connectivity index is 2.37. The molecule has 0 saturated heterocycles. The van der Waals surface area contributed by atoms with Crippen LogP contribution in [0.15, 0.2) is 16.0 Å². The highest BCUT2D eigenvalue weighted by atomic mass is 79.9. The summed E-state index contributed by atoms with van der Waals surface area (Å²) >= 11 is 4.69. The van der Waals surface area contributed by atoms with Crippen LogP contribution in [0.1, 0.15) is 34.2 Å². The third kappa shape index (κ3) is 2.31.